The fourth-order valence-electron chi connectivity index (χ4n) is 4.75. The smallest absolute Gasteiger partial charge is 0.191 e. The molecule has 182 valence electrons. The van der Waals surface area contributed by atoms with Crippen molar-refractivity contribution in [1.82, 2.24) is 25.3 Å². The van der Waals surface area contributed by atoms with Gasteiger partial charge in [-0.3, -0.25) is 14.6 Å². The largest absolute Gasteiger partial charge is 0.367 e. The summed E-state index contributed by atoms with van der Waals surface area (Å²) in [4.78, 5) is 9.21. The molecule has 1 atom stereocenters. The summed E-state index contributed by atoms with van der Waals surface area (Å²) in [7, 11) is 3.80. The van der Waals surface area contributed by atoms with Crippen LogP contribution in [0.2, 0.25) is 0 Å². The monoisotopic (exact) mass is 569 g/mol. The van der Waals surface area contributed by atoms with Crippen LogP contribution < -0.4 is 15.5 Å². The van der Waals surface area contributed by atoms with E-state index in [1.54, 1.807) is 12.1 Å². The van der Waals surface area contributed by atoms with E-state index in [4.69, 9.17) is 0 Å². The van der Waals surface area contributed by atoms with E-state index in [1.165, 1.54) is 5.69 Å². The Labute approximate surface area is 213 Å². The molecular weight excluding hydrogens is 532 g/mol. The average Bonchev–Trinajstić information content (AvgIpc) is 3.25. The first-order valence-electron chi connectivity index (χ1n) is 11.8. The lowest BCUT2D eigenvalue weighted by Crippen LogP contribution is -2.52. The predicted octanol–water partition coefficient (Wildman–Crippen LogP) is 3.22. The molecule has 1 aromatic carbocycles. The number of anilines is 1. The zero-order valence-electron chi connectivity index (χ0n) is 19.7. The molecule has 1 aromatic heterocycles. The molecule has 2 fully saturated rings. The number of benzene rings is 1. The summed E-state index contributed by atoms with van der Waals surface area (Å²) in [5.74, 6) is 1.40. The zero-order chi connectivity index (χ0) is 22.3. The Balaban J connectivity index is 0.00000306. The third-order valence-corrected chi connectivity index (χ3v) is 6.66. The van der Waals surface area contributed by atoms with Gasteiger partial charge in [-0.05, 0) is 50.8 Å². The minimum Gasteiger partial charge on any atom is -0.367 e. The number of nitrogens with one attached hydrogen (secondary N) is 2. The van der Waals surface area contributed by atoms with Crippen LogP contribution in [0.5, 0.6) is 0 Å². The van der Waals surface area contributed by atoms with Crippen LogP contribution >= 0.6 is 24.0 Å². The van der Waals surface area contributed by atoms with Crippen molar-refractivity contribution in [3.8, 4) is 0 Å². The highest BCUT2D eigenvalue weighted by Crippen LogP contribution is 2.20. The van der Waals surface area contributed by atoms with E-state index in [9.17, 15) is 4.39 Å². The van der Waals surface area contributed by atoms with Crippen LogP contribution in [-0.4, -0.2) is 66.5 Å². The highest BCUT2D eigenvalue weighted by atomic mass is 127. The van der Waals surface area contributed by atoms with Crippen molar-refractivity contribution >= 4 is 35.6 Å². The maximum absolute atomic E-state index is 13.9. The van der Waals surface area contributed by atoms with Gasteiger partial charge in [0.2, 0.25) is 0 Å². The molecular formula is C24H37FIN7. The van der Waals surface area contributed by atoms with Crippen LogP contribution in [0.1, 0.15) is 31.2 Å². The second-order valence-electron chi connectivity index (χ2n) is 9.07. The molecule has 4 rings (SSSR count). The van der Waals surface area contributed by atoms with Gasteiger partial charge in [-0.15, -0.1) is 24.0 Å². The second-order valence-corrected chi connectivity index (χ2v) is 9.07. The molecule has 0 spiro atoms. The first-order chi connectivity index (χ1) is 15.6. The van der Waals surface area contributed by atoms with Crippen LogP contribution in [0.15, 0.2) is 41.7 Å². The predicted molar refractivity (Wildman–Crippen MR) is 143 cm³/mol. The third kappa shape index (κ3) is 7.30. The molecule has 0 bridgehead atoms. The van der Waals surface area contributed by atoms with Crippen molar-refractivity contribution < 1.29 is 4.39 Å². The zero-order valence-corrected chi connectivity index (χ0v) is 22.0. The molecule has 2 aromatic rings. The van der Waals surface area contributed by atoms with Crippen molar-refractivity contribution in [2.75, 3.05) is 44.7 Å². The molecule has 2 saturated heterocycles. The Hall–Kier alpha value is -1.88. The molecule has 0 aliphatic carbocycles. The van der Waals surface area contributed by atoms with E-state index < -0.39 is 0 Å². The van der Waals surface area contributed by atoms with Gasteiger partial charge in [0.25, 0.3) is 0 Å². The SMILES string of the molecule is CN=C(NCC1CCN(Cc2ccccc2F)CC1)NC1CCCN(c2cnn(C)c2)C1.I. The maximum Gasteiger partial charge on any atom is 0.191 e. The van der Waals surface area contributed by atoms with E-state index in [0.29, 0.717) is 18.5 Å². The standard InChI is InChI=1S/C24H36FN7.HI/c1-26-24(29-21-7-5-11-32(17-21)22-15-28-30(2)18-22)27-14-19-9-12-31(13-10-19)16-20-6-3-4-8-23(20)25;/h3-4,6,8,15,18-19,21H,5,7,9-14,16-17H2,1-2H3,(H2,26,27,29);1H. The van der Waals surface area contributed by atoms with Gasteiger partial charge in [0, 0.05) is 58.1 Å². The van der Waals surface area contributed by atoms with Crippen LogP contribution in [0.25, 0.3) is 0 Å². The van der Waals surface area contributed by atoms with Gasteiger partial charge >= 0.3 is 0 Å². The number of hydrogen-bond donors (Lipinski definition) is 2. The van der Waals surface area contributed by atoms with Crippen molar-refractivity contribution in [3.63, 3.8) is 0 Å². The lowest BCUT2D eigenvalue weighted by molar-refractivity contribution is 0.176. The lowest BCUT2D eigenvalue weighted by atomic mass is 9.96. The number of halogens is 2. The van der Waals surface area contributed by atoms with Gasteiger partial charge < -0.3 is 15.5 Å². The molecule has 33 heavy (non-hydrogen) atoms. The minimum absolute atomic E-state index is 0. The van der Waals surface area contributed by atoms with Gasteiger partial charge in [0.05, 0.1) is 11.9 Å². The minimum atomic E-state index is -0.101. The number of aromatic nitrogens is 2. The number of piperidine rings is 2. The number of rotatable bonds is 6. The Morgan fingerprint density at radius 2 is 1.97 bits per heavy atom. The highest BCUT2D eigenvalue weighted by Gasteiger charge is 2.23. The number of guanidine groups is 1. The van der Waals surface area contributed by atoms with Gasteiger partial charge in [0.1, 0.15) is 5.82 Å². The Morgan fingerprint density at radius 1 is 1.18 bits per heavy atom. The lowest BCUT2D eigenvalue weighted by Gasteiger charge is -2.35. The molecule has 0 amide bonds. The molecule has 0 radical (unpaired) electrons. The van der Waals surface area contributed by atoms with Gasteiger partial charge in [-0.1, -0.05) is 18.2 Å². The topological polar surface area (TPSA) is 60.7 Å². The van der Waals surface area contributed by atoms with E-state index in [2.05, 4.69) is 36.7 Å². The van der Waals surface area contributed by atoms with Gasteiger partial charge in [-0.2, -0.15) is 5.10 Å². The number of hydrogen-bond acceptors (Lipinski definition) is 4. The Morgan fingerprint density at radius 3 is 2.67 bits per heavy atom. The van der Waals surface area contributed by atoms with Crippen molar-refractivity contribution in [3.05, 3.63) is 48.0 Å². The summed E-state index contributed by atoms with van der Waals surface area (Å²) in [5, 5.41) is 11.5. The number of likely N-dealkylation sites (tertiary alicyclic amines) is 1. The van der Waals surface area contributed by atoms with Crippen molar-refractivity contribution in [2.24, 2.45) is 18.0 Å². The first kappa shape index (κ1) is 25.7. The molecule has 0 saturated carbocycles. The third-order valence-electron chi connectivity index (χ3n) is 6.66. The summed E-state index contributed by atoms with van der Waals surface area (Å²) in [6.45, 7) is 5.67. The number of nitrogens with zero attached hydrogens (tertiary/aromatic N) is 5. The van der Waals surface area contributed by atoms with Crippen LogP contribution in [0, 0.1) is 11.7 Å². The van der Waals surface area contributed by atoms with Crippen LogP contribution in [0.3, 0.4) is 0 Å². The molecule has 2 N–H and O–H groups in total. The molecule has 7 nitrogen and oxygen atoms in total. The number of aryl methyl sites for hydroxylation is 1. The van der Waals surface area contributed by atoms with Crippen molar-refractivity contribution in [2.45, 2.75) is 38.3 Å². The average molecular weight is 570 g/mol. The van der Waals surface area contributed by atoms with Crippen molar-refractivity contribution in [1.29, 1.82) is 0 Å². The van der Waals surface area contributed by atoms with E-state index in [1.807, 2.05) is 37.1 Å². The quantitative estimate of drug-likeness (QED) is 0.318. The summed E-state index contributed by atoms with van der Waals surface area (Å²) in [5.41, 5.74) is 1.98. The fourth-order valence-corrected chi connectivity index (χ4v) is 4.75. The van der Waals surface area contributed by atoms with Gasteiger partial charge in [-0.25, -0.2) is 4.39 Å². The van der Waals surface area contributed by atoms with E-state index in [0.717, 1.165) is 69.9 Å². The van der Waals surface area contributed by atoms with E-state index >= 15 is 0 Å². The van der Waals surface area contributed by atoms with Crippen LogP contribution in [-0.2, 0) is 13.6 Å². The highest BCUT2D eigenvalue weighted by molar-refractivity contribution is 14.0. The normalized spacial score (nSPS) is 20.4. The van der Waals surface area contributed by atoms with Crippen LogP contribution in [0.4, 0.5) is 10.1 Å². The molecule has 9 heteroatoms. The molecule has 3 heterocycles. The molecule has 2 aliphatic heterocycles. The first-order valence-corrected chi connectivity index (χ1v) is 11.8. The Bertz CT molecular complexity index is 894. The fraction of sp³-hybridized carbons (Fsp3) is 0.583. The van der Waals surface area contributed by atoms with E-state index in [-0.39, 0.29) is 29.8 Å². The second kappa shape index (κ2) is 12.5. The van der Waals surface area contributed by atoms with Gasteiger partial charge in [0.15, 0.2) is 5.96 Å². The summed E-state index contributed by atoms with van der Waals surface area (Å²) in [6, 6.07) is 7.47. The molecule has 1 unspecified atom stereocenters. The summed E-state index contributed by atoms with van der Waals surface area (Å²) in [6.07, 6.45) is 8.56. The maximum atomic E-state index is 13.9. The molecule has 2 aliphatic rings. The summed E-state index contributed by atoms with van der Waals surface area (Å²) < 4.78 is 15.8. The number of aliphatic imine (C=N–C) groups is 1. The Kier molecular flexibility index (Phi) is 9.78. The summed E-state index contributed by atoms with van der Waals surface area (Å²) >= 11 is 0.